The zero-order chi connectivity index (χ0) is 15.2. The summed E-state index contributed by atoms with van der Waals surface area (Å²) < 4.78 is 26.1. The molecular formula is C13H17NO5S. The molecule has 0 spiro atoms. The number of carboxylic acid groups (broad SMARTS) is 1. The molecule has 0 aromatic heterocycles. The summed E-state index contributed by atoms with van der Waals surface area (Å²) in [6.45, 7) is 1.79. The Kier molecular flexibility index (Phi) is 5.84. The van der Waals surface area contributed by atoms with Crippen LogP contribution in [0.4, 0.5) is 0 Å². The van der Waals surface area contributed by atoms with Gasteiger partial charge in [0.2, 0.25) is 10.0 Å². The monoisotopic (exact) mass is 299 g/mol. The van der Waals surface area contributed by atoms with Gasteiger partial charge in [0.05, 0.1) is 4.90 Å². The molecular weight excluding hydrogens is 282 g/mol. The van der Waals surface area contributed by atoms with Crippen LogP contribution >= 0.6 is 0 Å². The summed E-state index contributed by atoms with van der Waals surface area (Å²) in [6, 6.07) is 5.67. The minimum Gasteiger partial charge on any atom is -0.481 e. The highest BCUT2D eigenvalue weighted by Crippen LogP contribution is 2.12. The molecule has 0 unspecified atom stereocenters. The van der Waals surface area contributed by atoms with Crippen molar-refractivity contribution < 1.29 is 23.1 Å². The van der Waals surface area contributed by atoms with Crippen LogP contribution in [0, 0.1) is 0 Å². The van der Waals surface area contributed by atoms with Crippen molar-refractivity contribution in [3.8, 4) is 0 Å². The van der Waals surface area contributed by atoms with Gasteiger partial charge in [0.15, 0.2) is 5.78 Å². The first-order valence-corrected chi connectivity index (χ1v) is 7.70. The second kappa shape index (κ2) is 7.16. The minimum absolute atomic E-state index is 0.0524. The first kappa shape index (κ1) is 16.3. The number of carbonyl (C=O) groups is 2. The van der Waals surface area contributed by atoms with Crippen molar-refractivity contribution in [2.24, 2.45) is 0 Å². The molecule has 0 saturated heterocycles. The van der Waals surface area contributed by atoms with Crippen LogP contribution in [0.2, 0.25) is 0 Å². The molecule has 0 saturated carbocycles. The lowest BCUT2D eigenvalue weighted by Crippen LogP contribution is -2.25. The summed E-state index contributed by atoms with van der Waals surface area (Å²) >= 11 is 0. The van der Waals surface area contributed by atoms with E-state index in [2.05, 4.69) is 4.72 Å². The SMILES string of the molecule is CCC(=O)c1ccc(S(=O)(=O)NCCCC(=O)O)cc1. The summed E-state index contributed by atoms with van der Waals surface area (Å²) in [5, 5.41) is 8.46. The number of nitrogens with one attached hydrogen (secondary N) is 1. The van der Waals surface area contributed by atoms with Gasteiger partial charge in [0, 0.05) is 24.9 Å². The van der Waals surface area contributed by atoms with Gasteiger partial charge in [-0.1, -0.05) is 19.1 Å². The smallest absolute Gasteiger partial charge is 0.303 e. The molecule has 0 radical (unpaired) electrons. The zero-order valence-corrected chi connectivity index (χ0v) is 11.9. The van der Waals surface area contributed by atoms with Gasteiger partial charge in [-0.15, -0.1) is 0 Å². The van der Waals surface area contributed by atoms with Crippen molar-refractivity contribution in [1.82, 2.24) is 4.72 Å². The van der Waals surface area contributed by atoms with E-state index in [4.69, 9.17) is 5.11 Å². The van der Waals surface area contributed by atoms with E-state index >= 15 is 0 Å². The van der Waals surface area contributed by atoms with Gasteiger partial charge in [-0.25, -0.2) is 13.1 Å². The summed E-state index contributed by atoms with van der Waals surface area (Å²) in [6.07, 6.45) is 0.493. The van der Waals surface area contributed by atoms with Crippen LogP contribution in [-0.4, -0.2) is 31.8 Å². The summed E-state index contributed by atoms with van der Waals surface area (Å²) in [5.74, 6) is -1.02. The van der Waals surface area contributed by atoms with E-state index in [1.54, 1.807) is 6.92 Å². The molecule has 0 heterocycles. The molecule has 110 valence electrons. The minimum atomic E-state index is -3.66. The number of benzene rings is 1. The Bertz CT molecular complexity index is 577. The fourth-order valence-corrected chi connectivity index (χ4v) is 2.63. The van der Waals surface area contributed by atoms with Crippen LogP contribution in [0.15, 0.2) is 29.2 Å². The number of aliphatic carboxylic acids is 1. The second-order valence-electron chi connectivity index (χ2n) is 4.20. The molecule has 0 aliphatic carbocycles. The average molecular weight is 299 g/mol. The van der Waals surface area contributed by atoms with Gasteiger partial charge in [-0.2, -0.15) is 0 Å². The lowest BCUT2D eigenvalue weighted by atomic mass is 10.1. The quantitative estimate of drug-likeness (QED) is 0.558. The summed E-state index contributed by atoms with van der Waals surface area (Å²) in [5.41, 5.74) is 0.470. The molecule has 0 aliphatic rings. The van der Waals surface area contributed by atoms with Crippen LogP contribution in [-0.2, 0) is 14.8 Å². The largest absolute Gasteiger partial charge is 0.481 e. The van der Waals surface area contributed by atoms with Gasteiger partial charge < -0.3 is 5.11 Å². The lowest BCUT2D eigenvalue weighted by Gasteiger charge is -2.06. The Morgan fingerprint density at radius 3 is 2.30 bits per heavy atom. The van der Waals surface area contributed by atoms with Gasteiger partial charge in [-0.05, 0) is 18.6 Å². The standard InChI is InChI=1S/C13H17NO5S/c1-2-12(15)10-5-7-11(8-6-10)20(18,19)14-9-3-4-13(16)17/h5-8,14H,2-4,9H2,1H3,(H,16,17). The molecule has 0 bridgehead atoms. The predicted octanol–water partition coefficient (Wildman–Crippen LogP) is 1.42. The van der Waals surface area contributed by atoms with Crippen LogP contribution in [0.25, 0.3) is 0 Å². The van der Waals surface area contributed by atoms with E-state index in [9.17, 15) is 18.0 Å². The van der Waals surface area contributed by atoms with Crippen molar-refractivity contribution in [2.75, 3.05) is 6.54 Å². The number of hydrogen-bond donors (Lipinski definition) is 2. The van der Waals surface area contributed by atoms with Crippen LogP contribution in [0.3, 0.4) is 0 Å². The fraction of sp³-hybridized carbons (Fsp3) is 0.385. The number of sulfonamides is 1. The molecule has 1 aromatic carbocycles. The van der Waals surface area contributed by atoms with Crippen LogP contribution < -0.4 is 4.72 Å². The van der Waals surface area contributed by atoms with E-state index in [1.165, 1.54) is 24.3 Å². The fourth-order valence-electron chi connectivity index (χ4n) is 1.55. The van der Waals surface area contributed by atoms with E-state index in [0.717, 1.165) is 0 Å². The first-order valence-electron chi connectivity index (χ1n) is 6.21. The molecule has 6 nitrogen and oxygen atoms in total. The predicted molar refractivity (Wildman–Crippen MR) is 73.1 cm³/mol. The van der Waals surface area contributed by atoms with Crippen molar-refractivity contribution in [2.45, 2.75) is 31.1 Å². The molecule has 0 atom stereocenters. The number of carboxylic acids is 1. The van der Waals surface area contributed by atoms with E-state index in [0.29, 0.717) is 12.0 Å². The highest BCUT2D eigenvalue weighted by molar-refractivity contribution is 7.89. The Morgan fingerprint density at radius 1 is 1.20 bits per heavy atom. The molecule has 0 amide bonds. The zero-order valence-electron chi connectivity index (χ0n) is 11.1. The van der Waals surface area contributed by atoms with Crippen molar-refractivity contribution in [3.63, 3.8) is 0 Å². The highest BCUT2D eigenvalue weighted by atomic mass is 32.2. The number of hydrogen-bond acceptors (Lipinski definition) is 4. The maximum Gasteiger partial charge on any atom is 0.303 e. The van der Waals surface area contributed by atoms with Gasteiger partial charge >= 0.3 is 5.97 Å². The summed E-state index contributed by atoms with van der Waals surface area (Å²) in [7, 11) is -3.66. The number of rotatable bonds is 8. The Balaban J connectivity index is 2.68. The number of carbonyl (C=O) groups excluding carboxylic acids is 1. The van der Waals surface area contributed by atoms with E-state index < -0.39 is 16.0 Å². The van der Waals surface area contributed by atoms with Crippen molar-refractivity contribution in [3.05, 3.63) is 29.8 Å². The topological polar surface area (TPSA) is 101 Å². The normalized spacial score (nSPS) is 11.2. The van der Waals surface area contributed by atoms with E-state index in [-0.39, 0.29) is 30.1 Å². The molecule has 7 heteroatoms. The maximum absolute atomic E-state index is 11.9. The molecule has 20 heavy (non-hydrogen) atoms. The highest BCUT2D eigenvalue weighted by Gasteiger charge is 2.14. The Morgan fingerprint density at radius 2 is 1.80 bits per heavy atom. The second-order valence-corrected chi connectivity index (χ2v) is 5.96. The number of Topliss-reactive ketones (excluding diaryl/α,β-unsaturated/α-hetero) is 1. The van der Waals surface area contributed by atoms with Crippen LogP contribution in [0.1, 0.15) is 36.5 Å². The third-order valence-electron chi connectivity index (χ3n) is 2.67. The lowest BCUT2D eigenvalue weighted by molar-refractivity contribution is -0.137. The Labute approximate surface area is 117 Å². The number of ketones is 1. The average Bonchev–Trinajstić information content (AvgIpc) is 2.43. The van der Waals surface area contributed by atoms with Gasteiger partial charge in [0.1, 0.15) is 0 Å². The first-order chi connectivity index (χ1) is 9.36. The third-order valence-corrected chi connectivity index (χ3v) is 4.14. The van der Waals surface area contributed by atoms with E-state index in [1.807, 2.05) is 0 Å². The molecule has 0 aliphatic heterocycles. The van der Waals surface area contributed by atoms with Crippen LogP contribution in [0.5, 0.6) is 0 Å². The van der Waals surface area contributed by atoms with Crippen molar-refractivity contribution in [1.29, 1.82) is 0 Å². The summed E-state index contributed by atoms with van der Waals surface area (Å²) in [4.78, 5) is 21.8. The van der Waals surface area contributed by atoms with Gasteiger partial charge in [-0.3, -0.25) is 9.59 Å². The van der Waals surface area contributed by atoms with Crippen molar-refractivity contribution >= 4 is 21.8 Å². The third kappa shape index (κ3) is 4.75. The molecule has 1 rings (SSSR count). The maximum atomic E-state index is 11.9. The Hall–Kier alpha value is -1.73. The van der Waals surface area contributed by atoms with Gasteiger partial charge in [0.25, 0.3) is 0 Å². The molecule has 0 fully saturated rings. The molecule has 2 N–H and O–H groups in total. The molecule has 1 aromatic rings.